The first-order valence-corrected chi connectivity index (χ1v) is 6.43. The second-order valence-corrected chi connectivity index (χ2v) is 5.07. The van der Waals surface area contributed by atoms with Crippen LogP contribution in [0.15, 0.2) is 15.9 Å². The maximum Gasteiger partial charge on any atom is 0.333 e. The van der Waals surface area contributed by atoms with Gasteiger partial charge in [-0.1, -0.05) is 0 Å². The van der Waals surface area contributed by atoms with Crippen molar-refractivity contribution >= 4 is 11.2 Å². The van der Waals surface area contributed by atoms with Gasteiger partial charge in [0.15, 0.2) is 11.2 Å². The standard InChI is InChI=1S/C12H17N5O2/c1-14-7-13-10-9(14)11(18)17(12(19)15(10)2)8-16-5-3-4-6-16/h7H,3-6,8H2,1-2H3. The van der Waals surface area contributed by atoms with Crippen LogP contribution in [0.2, 0.25) is 0 Å². The zero-order valence-corrected chi connectivity index (χ0v) is 11.2. The summed E-state index contributed by atoms with van der Waals surface area (Å²) in [6.45, 7) is 2.25. The molecule has 0 aromatic carbocycles. The van der Waals surface area contributed by atoms with E-state index >= 15 is 0 Å². The third-order valence-electron chi connectivity index (χ3n) is 3.74. The Bertz CT molecular complexity index is 733. The average Bonchev–Trinajstić information content (AvgIpc) is 3.01. The first kappa shape index (κ1) is 12.2. The molecule has 3 rings (SSSR count). The SMILES string of the molecule is Cn1cnc2c1c(=O)n(CN1CCCC1)c(=O)n2C. The number of fused-ring (bicyclic) bond motifs is 1. The van der Waals surface area contributed by atoms with Gasteiger partial charge in [0.25, 0.3) is 5.56 Å². The molecule has 2 aromatic rings. The lowest BCUT2D eigenvalue weighted by molar-refractivity contribution is 0.259. The van der Waals surface area contributed by atoms with Gasteiger partial charge in [0.2, 0.25) is 0 Å². The molecule has 102 valence electrons. The Kier molecular flexibility index (Phi) is 2.78. The molecule has 2 aromatic heterocycles. The lowest BCUT2D eigenvalue weighted by Crippen LogP contribution is -2.43. The van der Waals surface area contributed by atoms with Crippen molar-refractivity contribution < 1.29 is 0 Å². The van der Waals surface area contributed by atoms with Crippen molar-refractivity contribution in [1.29, 1.82) is 0 Å². The highest BCUT2D eigenvalue weighted by Gasteiger charge is 2.18. The maximum absolute atomic E-state index is 12.4. The van der Waals surface area contributed by atoms with Crippen LogP contribution in [0.3, 0.4) is 0 Å². The molecule has 7 heteroatoms. The molecule has 19 heavy (non-hydrogen) atoms. The zero-order chi connectivity index (χ0) is 13.6. The van der Waals surface area contributed by atoms with Gasteiger partial charge in [-0.25, -0.2) is 14.3 Å². The van der Waals surface area contributed by atoms with Crippen LogP contribution in [0.25, 0.3) is 11.2 Å². The molecule has 1 saturated heterocycles. The summed E-state index contributed by atoms with van der Waals surface area (Å²) in [6, 6.07) is 0. The number of aromatic nitrogens is 4. The van der Waals surface area contributed by atoms with E-state index in [1.165, 1.54) is 9.13 Å². The normalized spacial score (nSPS) is 16.5. The molecular weight excluding hydrogens is 246 g/mol. The summed E-state index contributed by atoms with van der Waals surface area (Å²) in [4.78, 5) is 30.9. The minimum Gasteiger partial charge on any atom is -0.328 e. The van der Waals surface area contributed by atoms with Crippen molar-refractivity contribution in [2.24, 2.45) is 14.1 Å². The fraction of sp³-hybridized carbons (Fsp3) is 0.583. The molecule has 0 N–H and O–H groups in total. The van der Waals surface area contributed by atoms with Crippen LogP contribution in [-0.4, -0.2) is 36.7 Å². The largest absolute Gasteiger partial charge is 0.333 e. The Morgan fingerprint density at radius 3 is 2.58 bits per heavy atom. The fourth-order valence-electron chi connectivity index (χ4n) is 2.64. The summed E-state index contributed by atoms with van der Waals surface area (Å²) in [5.41, 5.74) is 0.351. The van der Waals surface area contributed by atoms with Crippen LogP contribution in [-0.2, 0) is 20.8 Å². The van der Waals surface area contributed by atoms with Gasteiger partial charge in [-0.15, -0.1) is 0 Å². The molecule has 0 amide bonds. The minimum atomic E-state index is -0.303. The van der Waals surface area contributed by atoms with E-state index in [-0.39, 0.29) is 11.2 Å². The molecule has 1 fully saturated rings. The smallest absolute Gasteiger partial charge is 0.328 e. The molecule has 0 saturated carbocycles. The summed E-state index contributed by atoms with van der Waals surface area (Å²) in [6.07, 6.45) is 3.82. The lowest BCUT2D eigenvalue weighted by atomic mass is 10.4. The first-order valence-electron chi connectivity index (χ1n) is 6.43. The molecular formula is C12H17N5O2. The van der Waals surface area contributed by atoms with Crippen LogP contribution in [0.1, 0.15) is 12.8 Å². The summed E-state index contributed by atoms with van der Waals surface area (Å²) < 4.78 is 4.40. The molecule has 0 spiro atoms. The van der Waals surface area contributed by atoms with E-state index in [9.17, 15) is 9.59 Å². The Labute approximate surface area is 109 Å². The lowest BCUT2D eigenvalue weighted by Gasteiger charge is -2.16. The topological polar surface area (TPSA) is 65.1 Å². The Morgan fingerprint density at radius 1 is 1.21 bits per heavy atom. The van der Waals surface area contributed by atoms with Crippen molar-refractivity contribution in [3.63, 3.8) is 0 Å². The molecule has 0 radical (unpaired) electrons. The van der Waals surface area contributed by atoms with E-state index in [4.69, 9.17) is 0 Å². The van der Waals surface area contributed by atoms with Crippen LogP contribution in [0.5, 0.6) is 0 Å². The van der Waals surface area contributed by atoms with E-state index in [1.54, 1.807) is 25.0 Å². The molecule has 0 bridgehead atoms. The predicted octanol–water partition coefficient (Wildman–Crippen LogP) is -0.513. The maximum atomic E-state index is 12.4. The van der Waals surface area contributed by atoms with Gasteiger partial charge >= 0.3 is 5.69 Å². The third-order valence-corrected chi connectivity index (χ3v) is 3.74. The first-order chi connectivity index (χ1) is 9.09. The van der Waals surface area contributed by atoms with Crippen molar-refractivity contribution in [2.45, 2.75) is 19.5 Å². The van der Waals surface area contributed by atoms with Crippen molar-refractivity contribution in [3.05, 3.63) is 27.2 Å². The summed E-state index contributed by atoms with van der Waals surface area (Å²) in [5, 5.41) is 0. The monoisotopic (exact) mass is 263 g/mol. The molecule has 1 aliphatic heterocycles. The molecule has 3 heterocycles. The zero-order valence-electron chi connectivity index (χ0n) is 11.2. The number of hydrogen-bond acceptors (Lipinski definition) is 4. The minimum absolute atomic E-state index is 0.259. The van der Waals surface area contributed by atoms with Crippen molar-refractivity contribution in [1.82, 2.24) is 23.6 Å². The van der Waals surface area contributed by atoms with Crippen LogP contribution in [0.4, 0.5) is 0 Å². The quantitative estimate of drug-likeness (QED) is 0.732. The van der Waals surface area contributed by atoms with E-state index in [0.29, 0.717) is 17.8 Å². The van der Waals surface area contributed by atoms with Crippen molar-refractivity contribution in [2.75, 3.05) is 13.1 Å². The van der Waals surface area contributed by atoms with E-state index in [0.717, 1.165) is 25.9 Å². The van der Waals surface area contributed by atoms with E-state index in [1.807, 2.05) is 0 Å². The predicted molar refractivity (Wildman–Crippen MR) is 71.0 cm³/mol. The van der Waals surface area contributed by atoms with Crippen LogP contribution in [0, 0.1) is 0 Å². The number of nitrogens with zero attached hydrogens (tertiary/aromatic N) is 5. The number of imidazole rings is 1. The van der Waals surface area contributed by atoms with Gasteiger partial charge in [-0.05, 0) is 25.9 Å². The fourth-order valence-corrected chi connectivity index (χ4v) is 2.64. The van der Waals surface area contributed by atoms with Gasteiger partial charge in [-0.2, -0.15) is 0 Å². The number of likely N-dealkylation sites (tertiary alicyclic amines) is 1. The van der Waals surface area contributed by atoms with Crippen molar-refractivity contribution in [3.8, 4) is 0 Å². The van der Waals surface area contributed by atoms with E-state index in [2.05, 4.69) is 9.88 Å². The van der Waals surface area contributed by atoms with Crippen LogP contribution < -0.4 is 11.2 Å². The molecule has 0 aliphatic carbocycles. The average molecular weight is 263 g/mol. The molecule has 7 nitrogen and oxygen atoms in total. The number of hydrogen-bond donors (Lipinski definition) is 0. The summed E-state index contributed by atoms with van der Waals surface area (Å²) in [7, 11) is 3.42. The van der Waals surface area contributed by atoms with Gasteiger partial charge in [-0.3, -0.25) is 14.3 Å². The Morgan fingerprint density at radius 2 is 1.89 bits per heavy atom. The second-order valence-electron chi connectivity index (χ2n) is 5.07. The molecule has 0 unspecified atom stereocenters. The Hall–Kier alpha value is -1.89. The van der Waals surface area contributed by atoms with Crippen LogP contribution >= 0.6 is 0 Å². The van der Waals surface area contributed by atoms with E-state index < -0.39 is 0 Å². The van der Waals surface area contributed by atoms with Gasteiger partial charge < -0.3 is 4.57 Å². The van der Waals surface area contributed by atoms with Gasteiger partial charge in [0.1, 0.15) is 0 Å². The highest BCUT2D eigenvalue weighted by molar-refractivity contribution is 5.69. The summed E-state index contributed by atoms with van der Waals surface area (Å²) in [5.74, 6) is 0. The van der Waals surface area contributed by atoms with Gasteiger partial charge in [0.05, 0.1) is 13.0 Å². The molecule has 1 aliphatic rings. The highest BCUT2D eigenvalue weighted by atomic mass is 16.2. The second kappa shape index (κ2) is 4.34. The highest BCUT2D eigenvalue weighted by Crippen LogP contribution is 2.08. The third kappa shape index (κ3) is 1.81. The molecule has 0 atom stereocenters. The summed E-state index contributed by atoms with van der Waals surface area (Å²) >= 11 is 0. The Balaban J connectivity index is 2.20. The number of rotatable bonds is 2. The van der Waals surface area contributed by atoms with Gasteiger partial charge in [0, 0.05) is 14.1 Å². The number of aryl methyl sites for hydroxylation is 2.